The number of thioether (sulfide) groups is 1. The highest BCUT2D eigenvalue weighted by Crippen LogP contribution is 2.08. The molecular formula is C6H10N2O2S. The molecule has 1 atom stereocenters. The van der Waals surface area contributed by atoms with Gasteiger partial charge < -0.3 is 0 Å². The van der Waals surface area contributed by atoms with Crippen LogP contribution in [-0.4, -0.2) is 29.5 Å². The zero-order chi connectivity index (χ0) is 8.27. The number of rotatable bonds is 1. The average Bonchev–Trinajstić information content (AvgIpc) is 2.35. The predicted molar refractivity (Wildman–Crippen MR) is 43.1 cm³/mol. The maximum Gasteiger partial charge on any atom is 0.244 e. The summed E-state index contributed by atoms with van der Waals surface area (Å²) in [6, 6.07) is -0.191. The minimum Gasteiger partial charge on any atom is -0.296 e. The van der Waals surface area contributed by atoms with Crippen LogP contribution in [0.4, 0.5) is 0 Å². The van der Waals surface area contributed by atoms with Gasteiger partial charge in [-0.25, -0.2) is 0 Å². The first-order chi connectivity index (χ1) is 5.20. The highest BCUT2D eigenvalue weighted by molar-refractivity contribution is 7.99. The number of hydrogen-bond acceptors (Lipinski definition) is 4. The van der Waals surface area contributed by atoms with Crippen LogP contribution in [0.2, 0.25) is 0 Å². The monoisotopic (exact) mass is 174 g/mol. The molecule has 0 unspecified atom stereocenters. The minimum absolute atomic E-state index is 0.191. The minimum atomic E-state index is -0.297. The summed E-state index contributed by atoms with van der Waals surface area (Å²) in [5.74, 6) is 1.02. The lowest BCUT2D eigenvalue weighted by atomic mass is 10.3. The van der Waals surface area contributed by atoms with Crippen molar-refractivity contribution in [2.45, 2.75) is 13.0 Å². The van der Waals surface area contributed by atoms with E-state index in [1.807, 2.05) is 0 Å². The molecule has 1 fully saturated rings. The quantitative estimate of drug-likeness (QED) is 0.552. The molecule has 1 aliphatic rings. The normalized spacial score (nSPS) is 23.2. The van der Waals surface area contributed by atoms with Crippen molar-refractivity contribution in [3.05, 3.63) is 0 Å². The van der Waals surface area contributed by atoms with Gasteiger partial charge in [-0.1, -0.05) is 0 Å². The maximum atomic E-state index is 11.0. The van der Waals surface area contributed by atoms with Crippen LogP contribution >= 0.6 is 11.8 Å². The largest absolute Gasteiger partial charge is 0.296 e. The van der Waals surface area contributed by atoms with Gasteiger partial charge in [-0.3, -0.25) is 20.2 Å². The number of carbonyl (C=O) groups excluding carboxylic acids is 2. The maximum absolute atomic E-state index is 11.0. The SMILES string of the molecule is CC(=O)NC(=O)[C@H]1CSCN1. The van der Waals surface area contributed by atoms with Crippen molar-refractivity contribution < 1.29 is 9.59 Å². The molecule has 0 aromatic heterocycles. The third-order valence-corrected chi connectivity index (χ3v) is 2.27. The summed E-state index contributed by atoms with van der Waals surface area (Å²) in [5.41, 5.74) is 0. The molecule has 0 aromatic carbocycles. The van der Waals surface area contributed by atoms with E-state index in [4.69, 9.17) is 0 Å². The molecule has 0 aliphatic carbocycles. The summed E-state index contributed by atoms with van der Waals surface area (Å²) in [4.78, 5) is 21.5. The van der Waals surface area contributed by atoms with Crippen LogP contribution < -0.4 is 10.6 Å². The Morgan fingerprint density at radius 1 is 1.64 bits per heavy atom. The van der Waals surface area contributed by atoms with Crippen molar-refractivity contribution in [1.29, 1.82) is 0 Å². The van der Waals surface area contributed by atoms with E-state index in [1.165, 1.54) is 6.92 Å². The van der Waals surface area contributed by atoms with Crippen molar-refractivity contribution in [2.75, 3.05) is 11.6 Å². The fourth-order valence-corrected chi connectivity index (χ4v) is 1.77. The van der Waals surface area contributed by atoms with Gasteiger partial charge in [0.25, 0.3) is 0 Å². The Hall–Kier alpha value is -0.550. The molecule has 1 saturated heterocycles. The van der Waals surface area contributed by atoms with Crippen LogP contribution in [0.1, 0.15) is 6.92 Å². The van der Waals surface area contributed by atoms with Crippen molar-refractivity contribution in [1.82, 2.24) is 10.6 Å². The number of nitrogens with one attached hydrogen (secondary N) is 2. The van der Waals surface area contributed by atoms with E-state index >= 15 is 0 Å². The first-order valence-electron chi connectivity index (χ1n) is 3.32. The summed E-state index contributed by atoms with van der Waals surface area (Å²) in [7, 11) is 0. The average molecular weight is 174 g/mol. The van der Waals surface area contributed by atoms with Crippen molar-refractivity contribution in [3.63, 3.8) is 0 Å². The van der Waals surface area contributed by atoms with Crippen molar-refractivity contribution in [2.24, 2.45) is 0 Å². The van der Waals surface area contributed by atoms with Crippen LogP contribution in [0.25, 0.3) is 0 Å². The Bertz CT molecular complexity index is 177. The van der Waals surface area contributed by atoms with Gasteiger partial charge in [0.05, 0.1) is 6.04 Å². The predicted octanol–water partition coefficient (Wildman–Crippen LogP) is -0.688. The van der Waals surface area contributed by atoms with E-state index in [9.17, 15) is 9.59 Å². The van der Waals surface area contributed by atoms with Crippen LogP contribution in [0.5, 0.6) is 0 Å². The van der Waals surface area contributed by atoms with E-state index in [0.717, 1.165) is 11.6 Å². The molecule has 0 saturated carbocycles. The van der Waals surface area contributed by atoms with Crippen LogP contribution in [0, 0.1) is 0 Å². The Kier molecular flexibility index (Phi) is 2.90. The Morgan fingerprint density at radius 2 is 2.36 bits per heavy atom. The number of hydrogen-bond donors (Lipinski definition) is 2. The zero-order valence-electron chi connectivity index (χ0n) is 6.22. The van der Waals surface area contributed by atoms with Crippen molar-refractivity contribution in [3.8, 4) is 0 Å². The summed E-state index contributed by atoms with van der Waals surface area (Å²) in [6.07, 6.45) is 0. The fourth-order valence-electron chi connectivity index (χ4n) is 0.824. The molecule has 0 spiro atoms. The molecular weight excluding hydrogens is 164 g/mol. The lowest BCUT2D eigenvalue weighted by molar-refractivity contribution is -0.130. The van der Waals surface area contributed by atoms with Crippen LogP contribution in [-0.2, 0) is 9.59 Å². The second-order valence-electron chi connectivity index (χ2n) is 2.32. The zero-order valence-corrected chi connectivity index (χ0v) is 7.03. The lowest BCUT2D eigenvalue weighted by Gasteiger charge is -2.06. The highest BCUT2D eigenvalue weighted by Gasteiger charge is 2.22. The standard InChI is InChI=1S/C6H10N2O2S/c1-4(9)8-6(10)5-2-11-3-7-5/h5,7H,2-3H2,1H3,(H,8,9,10)/t5-/m1/s1. The van der Waals surface area contributed by atoms with Gasteiger partial charge in [0, 0.05) is 18.6 Å². The lowest BCUT2D eigenvalue weighted by Crippen LogP contribution is -2.43. The van der Waals surface area contributed by atoms with E-state index in [-0.39, 0.29) is 17.9 Å². The van der Waals surface area contributed by atoms with Crippen LogP contribution in [0.3, 0.4) is 0 Å². The molecule has 62 valence electrons. The Labute approximate surface area is 69.1 Å². The first kappa shape index (κ1) is 8.55. The van der Waals surface area contributed by atoms with E-state index in [0.29, 0.717) is 0 Å². The Morgan fingerprint density at radius 3 is 2.82 bits per heavy atom. The van der Waals surface area contributed by atoms with E-state index in [2.05, 4.69) is 10.6 Å². The third-order valence-electron chi connectivity index (χ3n) is 1.33. The fraction of sp³-hybridized carbons (Fsp3) is 0.667. The summed E-state index contributed by atoms with van der Waals surface area (Å²) in [5, 5.41) is 5.19. The molecule has 1 rings (SSSR count). The van der Waals surface area contributed by atoms with Gasteiger partial charge in [-0.15, -0.1) is 11.8 Å². The van der Waals surface area contributed by atoms with Gasteiger partial charge >= 0.3 is 0 Å². The van der Waals surface area contributed by atoms with Gasteiger partial charge in [0.1, 0.15) is 0 Å². The third kappa shape index (κ3) is 2.51. The first-order valence-corrected chi connectivity index (χ1v) is 4.48. The van der Waals surface area contributed by atoms with Gasteiger partial charge in [0.2, 0.25) is 11.8 Å². The summed E-state index contributed by atoms with van der Waals surface area (Å²) >= 11 is 1.65. The van der Waals surface area contributed by atoms with Gasteiger partial charge in [-0.05, 0) is 0 Å². The highest BCUT2D eigenvalue weighted by atomic mass is 32.2. The topological polar surface area (TPSA) is 58.2 Å². The molecule has 0 radical (unpaired) electrons. The van der Waals surface area contributed by atoms with Gasteiger partial charge in [-0.2, -0.15) is 0 Å². The smallest absolute Gasteiger partial charge is 0.244 e. The number of carbonyl (C=O) groups is 2. The molecule has 1 aliphatic heterocycles. The number of amides is 2. The molecule has 1 heterocycles. The van der Waals surface area contributed by atoms with E-state index in [1.54, 1.807) is 11.8 Å². The Balaban J connectivity index is 2.34. The molecule has 0 aromatic rings. The molecule has 2 N–H and O–H groups in total. The summed E-state index contributed by atoms with van der Waals surface area (Å²) < 4.78 is 0. The second-order valence-corrected chi connectivity index (χ2v) is 3.35. The molecule has 5 heteroatoms. The molecule has 0 bridgehead atoms. The van der Waals surface area contributed by atoms with Crippen molar-refractivity contribution >= 4 is 23.6 Å². The summed E-state index contributed by atoms with van der Waals surface area (Å²) in [6.45, 7) is 1.33. The molecule has 2 amide bonds. The molecule has 11 heavy (non-hydrogen) atoms. The van der Waals surface area contributed by atoms with Crippen LogP contribution in [0.15, 0.2) is 0 Å². The van der Waals surface area contributed by atoms with E-state index < -0.39 is 0 Å². The number of imide groups is 1. The van der Waals surface area contributed by atoms with Gasteiger partial charge in [0.15, 0.2) is 0 Å². The second kappa shape index (κ2) is 3.73. The molecule has 4 nitrogen and oxygen atoms in total.